The van der Waals surface area contributed by atoms with Crippen LogP contribution < -0.4 is 0 Å². The van der Waals surface area contributed by atoms with Gasteiger partial charge in [0.25, 0.3) is 0 Å². The Bertz CT molecular complexity index is 270. The molecule has 1 heterocycles. The number of hydrogen-bond donors (Lipinski definition) is 0. The van der Waals surface area contributed by atoms with Crippen LogP contribution in [0.3, 0.4) is 0 Å². The number of aryl methyl sites for hydroxylation is 1. The van der Waals surface area contributed by atoms with Crippen LogP contribution in [-0.2, 0) is 12.4 Å². The molecule has 1 aromatic rings. The average Bonchev–Trinajstić information content (AvgIpc) is 2.46. The number of rotatable bonds is 3. The van der Waals surface area contributed by atoms with Crippen LogP contribution in [0.2, 0.25) is 0 Å². The van der Waals surface area contributed by atoms with Crippen LogP contribution in [-0.4, -0.2) is 20.9 Å². The van der Waals surface area contributed by atoms with Crippen molar-refractivity contribution in [2.24, 2.45) is 0 Å². The van der Waals surface area contributed by atoms with Gasteiger partial charge < -0.3 is 0 Å². The molecule has 74 valence electrons. The molecule has 0 unspecified atom stereocenters. The summed E-state index contributed by atoms with van der Waals surface area (Å²) in [5, 5.41) is 3.61. The first-order valence-electron chi connectivity index (χ1n) is 3.52. The van der Waals surface area contributed by atoms with Gasteiger partial charge in [-0.15, -0.1) is 11.6 Å². The third kappa shape index (κ3) is 3.22. The summed E-state index contributed by atoms with van der Waals surface area (Å²) in [5.74, 6) is 0.420. The molecule has 3 nitrogen and oxygen atoms in total. The molecule has 0 atom stereocenters. The van der Waals surface area contributed by atoms with E-state index in [-0.39, 0.29) is 12.4 Å². The van der Waals surface area contributed by atoms with Crippen LogP contribution in [0.1, 0.15) is 12.2 Å². The zero-order valence-corrected chi connectivity index (χ0v) is 7.31. The molecule has 0 spiro atoms. The van der Waals surface area contributed by atoms with E-state index in [9.17, 15) is 13.2 Å². The Hall–Kier alpha value is -0.780. The van der Waals surface area contributed by atoms with Crippen molar-refractivity contribution < 1.29 is 13.2 Å². The third-order valence-corrected chi connectivity index (χ3v) is 1.66. The maximum atomic E-state index is 11.8. The van der Waals surface area contributed by atoms with Gasteiger partial charge in [0, 0.05) is 0 Å². The first-order chi connectivity index (χ1) is 6.03. The summed E-state index contributed by atoms with van der Waals surface area (Å²) >= 11 is 5.42. The van der Waals surface area contributed by atoms with Crippen LogP contribution in [0.4, 0.5) is 13.2 Å². The highest BCUT2D eigenvalue weighted by molar-refractivity contribution is 6.16. The molecule has 0 fully saturated rings. The first-order valence-corrected chi connectivity index (χ1v) is 4.06. The van der Waals surface area contributed by atoms with Crippen molar-refractivity contribution in [3.63, 3.8) is 0 Å². The highest BCUT2D eigenvalue weighted by Crippen LogP contribution is 2.20. The van der Waals surface area contributed by atoms with Gasteiger partial charge in [-0.05, 0) is 0 Å². The van der Waals surface area contributed by atoms with Crippen LogP contribution in [0.5, 0.6) is 0 Å². The van der Waals surface area contributed by atoms with E-state index in [1.54, 1.807) is 0 Å². The zero-order chi connectivity index (χ0) is 9.90. The molecule has 7 heteroatoms. The molecular weight excluding hydrogens is 207 g/mol. The third-order valence-electron chi connectivity index (χ3n) is 1.42. The number of hydrogen-bond acceptors (Lipinski definition) is 2. The van der Waals surface area contributed by atoms with E-state index in [2.05, 4.69) is 10.1 Å². The number of aromatic nitrogens is 3. The Morgan fingerprint density at radius 1 is 1.46 bits per heavy atom. The molecule has 0 bridgehead atoms. The molecule has 1 aromatic heterocycles. The lowest BCUT2D eigenvalue weighted by atomic mass is 10.4. The Labute approximate surface area is 77.5 Å². The fourth-order valence-corrected chi connectivity index (χ4v) is 1.02. The second-order valence-electron chi connectivity index (χ2n) is 2.40. The summed E-state index contributed by atoms with van der Waals surface area (Å²) in [4.78, 5) is 3.69. The minimum atomic E-state index is -4.17. The summed E-state index contributed by atoms with van der Waals surface area (Å²) < 4.78 is 36.5. The van der Waals surface area contributed by atoms with Crippen molar-refractivity contribution >= 4 is 11.6 Å². The maximum Gasteiger partial charge on any atom is 0.390 e. The summed E-state index contributed by atoms with van der Waals surface area (Å²) in [6, 6.07) is 0. The van der Waals surface area contributed by atoms with E-state index in [0.717, 1.165) is 4.68 Å². The van der Waals surface area contributed by atoms with Gasteiger partial charge >= 0.3 is 6.18 Å². The maximum absolute atomic E-state index is 11.8. The quantitative estimate of drug-likeness (QED) is 0.719. The van der Waals surface area contributed by atoms with Gasteiger partial charge in [-0.1, -0.05) is 0 Å². The second-order valence-corrected chi connectivity index (χ2v) is 2.67. The monoisotopic (exact) mass is 213 g/mol. The lowest BCUT2D eigenvalue weighted by Gasteiger charge is -2.06. The molecule has 0 saturated carbocycles. The lowest BCUT2D eigenvalue weighted by molar-refractivity contribution is -0.137. The number of halogens is 4. The van der Waals surface area contributed by atoms with E-state index in [1.807, 2.05) is 0 Å². The standard InChI is InChI=1S/C6H7ClF3N3/c7-3-5-11-4-12-13(5)2-1-6(8,9)10/h4H,1-3H2. The molecule has 13 heavy (non-hydrogen) atoms. The molecule has 0 amide bonds. The minimum absolute atomic E-state index is 0.0673. The molecule has 0 N–H and O–H groups in total. The number of nitrogens with zero attached hydrogens (tertiary/aromatic N) is 3. The van der Waals surface area contributed by atoms with E-state index < -0.39 is 12.6 Å². The smallest absolute Gasteiger partial charge is 0.249 e. The number of alkyl halides is 4. The van der Waals surface area contributed by atoms with Gasteiger partial charge in [-0.2, -0.15) is 18.3 Å². The molecule has 1 rings (SSSR count). The predicted octanol–water partition coefficient (Wildman–Crippen LogP) is 1.97. The van der Waals surface area contributed by atoms with Gasteiger partial charge in [0.05, 0.1) is 18.8 Å². The van der Waals surface area contributed by atoms with E-state index >= 15 is 0 Å². The SMILES string of the molecule is FC(F)(F)CCn1ncnc1CCl. The first kappa shape index (κ1) is 10.3. The van der Waals surface area contributed by atoms with Crippen molar-refractivity contribution in [1.82, 2.24) is 14.8 Å². The fraction of sp³-hybridized carbons (Fsp3) is 0.667. The van der Waals surface area contributed by atoms with Crippen LogP contribution in [0, 0.1) is 0 Å². The van der Waals surface area contributed by atoms with E-state index in [4.69, 9.17) is 11.6 Å². The Kier molecular flexibility index (Phi) is 3.13. The van der Waals surface area contributed by atoms with Crippen molar-refractivity contribution in [3.8, 4) is 0 Å². The molecule has 0 aliphatic rings. The van der Waals surface area contributed by atoms with Gasteiger partial charge in [-0.25, -0.2) is 9.67 Å². The summed E-state index contributed by atoms with van der Waals surface area (Å²) in [6.45, 7) is -0.231. The van der Waals surface area contributed by atoms with Gasteiger partial charge in [0.2, 0.25) is 0 Å². The highest BCUT2D eigenvalue weighted by atomic mass is 35.5. The summed E-state index contributed by atoms with van der Waals surface area (Å²) in [6.07, 6.45) is -3.90. The van der Waals surface area contributed by atoms with Crippen molar-refractivity contribution in [2.75, 3.05) is 0 Å². The molecular formula is C6H7ClF3N3. The van der Waals surface area contributed by atoms with Gasteiger partial charge in [0.15, 0.2) is 0 Å². The summed E-state index contributed by atoms with van der Waals surface area (Å²) in [5.41, 5.74) is 0. The zero-order valence-electron chi connectivity index (χ0n) is 6.55. The highest BCUT2D eigenvalue weighted by Gasteiger charge is 2.27. The average molecular weight is 214 g/mol. The Balaban J connectivity index is 2.54. The van der Waals surface area contributed by atoms with Crippen molar-refractivity contribution in [2.45, 2.75) is 25.0 Å². The minimum Gasteiger partial charge on any atom is -0.249 e. The van der Waals surface area contributed by atoms with Crippen LogP contribution >= 0.6 is 11.6 Å². The van der Waals surface area contributed by atoms with Gasteiger partial charge in [-0.3, -0.25) is 0 Å². The van der Waals surface area contributed by atoms with E-state index in [0.29, 0.717) is 5.82 Å². The lowest BCUT2D eigenvalue weighted by Crippen LogP contribution is -2.14. The van der Waals surface area contributed by atoms with Crippen LogP contribution in [0.25, 0.3) is 0 Å². The fourth-order valence-electron chi connectivity index (χ4n) is 0.811. The van der Waals surface area contributed by atoms with Crippen molar-refractivity contribution in [1.29, 1.82) is 0 Å². The Morgan fingerprint density at radius 2 is 2.15 bits per heavy atom. The molecule has 0 radical (unpaired) electrons. The topological polar surface area (TPSA) is 30.7 Å². The predicted molar refractivity (Wildman–Crippen MR) is 40.3 cm³/mol. The molecule has 0 aromatic carbocycles. The van der Waals surface area contributed by atoms with Crippen molar-refractivity contribution in [3.05, 3.63) is 12.2 Å². The second kappa shape index (κ2) is 3.95. The largest absolute Gasteiger partial charge is 0.390 e. The van der Waals surface area contributed by atoms with Crippen LogP contribution in [0.15, 0.2) is 6.33 Å². The molecule has 0 saturated heterocycles. The molecule has 0 aliphatic carbocycles. The van der Waals surface area contributed by atoms with Gasteiger partial charge in [0.1, 0.15) is 12.2 Å². The normalized spacial score (nSPS) is 12.0. The molecule has 0 aliphatic heterocycles. The Morgan fingerprint density at radius 3 is 2.69 bits per heavy atom. The summed E-state index contributed by atoms with van der Waals surface area (Å²) in [7, 11) is 0. The van der Waals surface area contributed by atoms with E-state index in [1.165, 1.54) is 6.33 Å².